The van der Waals surface area contributed by atoms with Crippen LogP contribution in [-0.4, -0.2) is 61.7 Å². The molecule has 23 heavy (non-hydrogen) atoms. The molecule has 1 amide bonds. The van der Waals surface area contributed by atoms with Crippen molar-refractivity contribution >= 4 is 11.9 Å². The molecule has 4 unspecified atom stereocenters. The fraction of sp³-hybridized carbons (Fsp3) is 0.882. The van der Waals surface area contributed by atoms with Gasteiger partial charge in [0.2, 0.25) is 5.91 Å². The number of aliphatic imine (C=N–C) groups is 1. The minimum absolute atomic E-state index is 0.253. The molecule has 3 aliphatic rings. The second kappa shape index (κ2) is 7.51. The second-order valence-electron chi connectivity index (χ2n) is 7.20. The number of nitrogens with one attached hydrogen (secondary N) is 2. The number of hydrogen-bond acceptors (Lipinski definition) is 3. The van der Waals surface area contributed by atoms with E-state index in [1.54, 1.807) is 7.05 Å². The van der Waals surface area contributed by atoms with E-state index in [4.69, 9.17) is 4.74 Å². The molecule has 0 saturated carbocycles. The predicted octanol–water partition coefficient (Wildman–Crippen LogP) is 1.12. The van der Waals surface area contributed by atoms with Crippen molar-refractivity contribution in [3.8, 4) is 0 Å². The van der Waals surface area contributed by atoms with E-state index in [1.165, 1.54) is 12.8 Å². The quantitative estimate of drug-likeness (QED) is 0.601. The summed E-state index contributed by atoms with van der Waals surface area (Å²) in [6.07, 6.45) is 7.06. The Morgan fingerprint density at radius 2 is 2.22 bits per heavy atom. The Labute approximate surface area is 139 Å². The van der Waals surface area contributed by atoms with E-state index in [0.717, 1.165) is 38.3 Å². The summed E-state index contributed by atoms with van der Waals surface area (Å²) in [6.45, 7) is 4.68. The van der Waals surface area contributed by atoms with E-state index >= 15 is 0 Å². The maximum atomic E-state index is 12.3. The summed E-state index contributed by atoms with van der Waals surface area (Å²) in [5.41, 5.74) is 0. The molecule has 6 nitrogen and oxygen atoms in total. The van der Waals surface area contributed by atoms with Gasteiger partial charge in [-0.3, -0.25) is 9.79 Å². The van der Waals surface area contributed by atoms with Crippen LogP contribution in [0.15, 0.2) is 4.99 Å². The van der Waals surface area contributed by atoms with Gasteiger partial charge in [-0.1, -0.05) is 6.92 Å². The zero-order valence-corrected chi connectivity index (χ0v) is 14.4. The molecule has 2 N–H and O–H groups in total. The highest BCUT2D eigenvalue weighted by Gasteiger charge is 2.41. The van der Waals surface area contributed by atoms with Crippen LogP contribution >= 0.6 is 0 Å². The molecule has 0 aromatic heterocycles. The second-order valence-corrected chi connectivity index (χ2v) is 7.20. The summed E-state index contributed by atoms with van der Waals surface area (Å²) in [7, 11) is 1.78. The van der Waals surface area contributed by atoms with Crippen LogP contribution in [0.25, 0.3) is 0 Å². The number of carbonyl (C=O) groups is 1. The van der Waals surface area contributed by atoms with Gasteiger partial charge in [-0.2, -0.15) is 0 Å². The molecule has 0 radical (unpaired) electrons. The number of carbonyl (C=O) groups excluding carboxylic acids is 1. The number of nitrogens with zero attached hydrogens (tertiary/aromatic N) is 2. The summed E-state index contributed by atoms with van der Waals surface area (Å²) in [4.78, 5) is 18.5. The third kappa shape index (κ3) is 4.16. The molecule has 3 saturated heterocycles. The van der Waals surface area contributed by atoms with Crippen LogP contribution in [0.2, 0.25) is 0 Å². The first-order chi connectivity index (χ1) is 11.2. The Kier molecular flexibility index (Phi) is 5.41. The molecule has 3 fully saturated rings. The van der Waals surface area contributed by atoms with Gasteiger partial charge in [-0.25, -0.2) is 0 Å². The van der Waals surface area contributed by atoms with Gasteiger partial charge in [0.05, 0.1) is 18.2 Å². The lowest BCUT2D eigenvalue weighted by Crippen LogP contribution is -2.48. The van der Waals surface area contributed by atoms with Crippen LogP contribution in [0.1, 0.15) is 45.4 Å². The minimum atomic E-state index is 0.253. The maximum absolute atomic E-state index is 12.3. The van der Waals surface area contributed by atoms with Gasteiger partial charge >= 0.3 is 0 Å². The Hall–Kier alpha value is -1.30. The molecule has 0 aliphatic carbocycles. The van der Waals surface area contributed by atoms with Crippen LogP contribution in [0.5, 0.6) is 0 Å². The zero-order valence-electron chi connectivity index (χ0n) is 14.4. The molecular formula is C17H30N4O2. The van der Waals surface area contributed by atoms with Gasteiger partial charge in [-0.15, -0.1) is 0 Å². The van der Waals surface area contributed by atoms with Crippen molar-refractivity contribution < 1.29 is 9.53 Å². The third-order valence-electron chi connectivity index (χ3n) is 5.29. The van der Waals surface area contributed by atoms with E-state index in [9.17, 15) is 4.79 Å². The number of rotatable bonds is 4. The smallest absolute Gasteiger partial charge is 0.224 e. The van der Waals surface area contributed by atoms with Crippen LogP contribution in [-0.2, 0) is 9.53 Å². The number of hydrogen-bond donors (Lipinski definition) is 2. The maximum Gasteiger partial charge on any atom is 0.224 e. The standard InChI is InChI=1S/C17H30N4O2/c1-12-4-3-9-21(11-12)16(22)7-8-19-17(18-2)20-14-10-13-5-6-15(14)23-13/h12-15H,3-11H2,1-2H3,(H2,18,19,20). The SMILES string of the molecule is CN=C(NCCC(=O)N1CCCC(C)C1)NC1CC2CCC1O2. The summed E-state index contributed by atoms with van der Waals surface area (Å²) in [6, 6.07) is 0.360. The highest BCUT2D eigenvalue weighted by atomic mass is 16.5. The first-order valence-corrected chi connectivity index (χ1v) is 9.06. The molecule has 130 valence electrons. The topological polar surface area (TPSA) is 66.0 Å². The number of ether oxygens (including phenoxy) is 1. The number of guanidine groups is 1. The summed E-state index contributed by atoms with van der Waals surface area (Å²) < 4.78 is 5.86. The largest absolute Gasteiger partial charge is 0.373 e. The molecule has 0 aromatic rings. The number of amides is 1. The van der Waals surface area contributed by atoms with Crippen molar-refractivity contribution in [3.63, 3.8) is 0 Å². The van der Waals surface area contributed by atoms with Gasteiger partial charge in [0.15, 0.2) is 5.96 Å². The Bertz CT molecular complexity index is 454. The molecule has 3 rings (SSSR count). The third-order valence-corrected chi connectivity index (χ3v) is 5.29. The van der Waals surface area contributed by atoms with Crippen molar-refractivity contribution in [2.24, 2.45) is 10.9 Å². The predicted molar refractivity (Wildman–Crippen MR) is 90.4 cm³/mol. The fourth-order valence-electron chi connectivity index (χ4n) is 4.02. The van der Waals surface area contributed by atoms with E-state index in [-0.39, 0.29) is 5.91 Å². The number of likely N-dealkylation sites (tertiary alicyclic amines) is 1. The van der Waals surface area contributed by atoms with Crippen LogP contribution < -0.4 is 10.6 Å². The van der Waals surface area contributed by atoms with E-state index in [2.05, 4.69) is 22.5 Å². The van der Waals surface area contributed by atoms with Gasteiger partial charge in [0, 0.05) is 33.1 Å². The minimum Gasteiger partial charge on any atom is -0.373 e. The van der Waals surface area contributed by atoms with E-state index < -0.39 is 0 Å². The average Bonchev–Trinajstić information content (AvgIpc) is 3.16. The van der Waals surface area contributed by atoms with Crippen LogP contribution in [0.4, 0.5) is 0 Å². The van der Waals surface area contributed by atoms with Crippen molar-refractivity contribution in [2.45, 2.75) is 63.7 Å². The molecule has 3 aliphatic heterocycles. The van der Waals surface area contributed by atoms with Gasteiger partial charge < -0.3 is 20.3 Å². The van der Waals surface area contributed by atoms with Crippen LogP contribution in [0, 0.1) is 5.92 Å². The molecule has 3 heterocycles. The van der Waals surface area contributed by atoms with Crippen molar-refractivity contribution in [1.29, 1.82) is 0 Å². The average molecular weight is 322 g/mol. The highest BCUT2D eigenvalue weighted by molar-refractivity contribution is 5.81. The summed E-state index contributed by atoms with van der Waals surface area (Å²) in [5, 5.41) is 6.72. The lowest BCUT2D eigenvalue weighted by molar-refractivity contribution is -0.132. The van der Waals surface area contributed by atoms with Crippen molar-refractivity contribution in [2.75, 3.05) is 26.7 Å². The normalized spacial score (nSPS) is 33.8. The molecule has 2 bridgehead atoms. The first kappa shape index (κ1) is 16.6. The molecular weight excluding hydrogens is 292 g/mol. The Balaban J connectivity index is 1.37. The molecule has 0 spiro atoms. The molecule has 0 aromatic carbocycles. The van der Waals surface area contributed by atoms with Crippen molar-refractivity contribution in [1.82, 2.24) is 15.5 Å². The molecule has 4 atom stereocenters. The first-order valence-electron chi connectivity index (χ1n) is 9.06. The highest BCUT2D eigenvalue weighted by Crippen LogP contribution is 2.34. The molecule has 6 heteroatoms. The van der Waals surface area contributed by atoms with Gasteiger partial charge in [-0.05, 0) is 38.0 Å². The van der Waals surface area contributed by atoms with Gasteiger partial charge in [0.25, 0.3) is 0 Å². The zero-order chi connectivity index (χ0) is 16.2. The van der Waals surface area contributed by atoms with Crippen molar-refractivity contribution in [3.05, 3.63) is 0 Å². The Morgan fingerprint density at radius 3 is 2.87 bits per heavy atom. The van der Waals surface area contributed by atoms with Crippen LogP contribution in [0.3, 0.4) is 0 Å². The van der Waals surface area contributed by atoms with E-state index in [1.807, 2.05) is 4.90 Å². The Morgan fingerprint density at radius 1 is 1.35 bits per heavy atom. The lowest BCUT2D eigenvalue weighted by atomic mass is 9.96. The summed E-state index contributed by atoms with van der Waals surface area (Å²) >= 11 is 0. The van der Waals surface area contributed by atoms with Gasteiger partial charge in [0.1, 0.15) is 0 Å². The van der Waals surface area contributed by atoms with E-state index in [0.29, 0.717) is 37.1 Å². The number of fused-ring (bicyclic) bond motifs is 2. The number of piperidine rings is 1. The monoisotopic (exact) mass is 322 g/mol. The fourth-order valence-corrected chi connectivity index (χ4v) is 4.02. The lowest BCUT2D eigenvalue weighted by Gasteiger charge is -2.31. The summed E-state index contributed by atoms with van der Waals surface area (Å²) in [5.74, 6) is 1.67.